The molecular formula is C35H41N2O5+. The second-order valence-corrected chi connectivity index (χ2v) is 12.2. The third-order valence-electron chi connectivity index (χ3n) is 8.24. The molecule has 2 N–H and O–H groups in total. The highest BCUT2D eigenvalue weighted by Crippen LogP contribution is 2.40. The van der Waals surface area contributed by atoms with E-state index in [9.17, 15) is 14.7 Å². The summed E-state index contributed by atoms with van der Waals surface area (Å²) in [5.41, 5.74) is 4.37. The summed E-state index contributed by atoms with van der Waals surface area (Å²) in [5, 5.41) is 11.7. The van der Waals surface area contributed by atoms with Crippen molar-refractivity contribution in [3.63, 3.8) is 0 Å². The zero-order valence-corrected chi connectivity index (χ0v) is 25.0. The van der Waals surface area contributed by atoms with Crippen molar-refractivity contribution >= 4 is 17.4 Å². The Morgan fingerprint density at radius 2 is 1.69 bits per heavy atom. The average Bonchev–Trinajstić information content (AvgIpc) is 3.24. The number of carbonyl (C=O) groups is 2. The molecule has 5 rings (SSSR count). The largest absolute Gasteiger partial charge is 0.507 e. The van der Waals surface area contributed by atoms with Crippen LogP contribution in [0.25, 0.3) is 5.76 Å². The van der Waals surface area contributed by atoms with E-state index >= 15 is 0 Å². The molecule has 0 saturated carbocycles. The maximum atomic E-state index is 13.6. The van der Waals surface area contributed by atoms with E-state index in [1.54, 1.807) is 17.0 Å². The maximum absolute atomic E-state index is 13.6. The first-order chi connectivity index (χ1) is 20.1. The summed E-state index contributed by atoms with van der Waals surface area (Å²) in [4.78, 5) is 30.0. The van der Waals surface area contributed by atoms with Gasteiger partial charge in [0.05, 0.1) is 37.9 Å². The van der Waals surface area contributed by atoms with Gasteiger partial charge in [-0.3, -0.25) is 9.59 Å². The molecule has 2 fully saturated rings. The number of rotatable bonds is 8. The lowest BCUT2D eigenvalue weighted by molar-refractivity contribution is -0.907. The fraction of sp³-hybridized carbons (Fsp3) is 0.371. The van der Waals surface area contributed by atoms with Gasteiger partial charge in [-0.25, -0.2) is 0 Å². The molecule has 2 heterocycles. The van der Waals surface area contributed by atoms with E-state index in [1.807, 2.05) is 67.6 Å². The fourth-order valence-electron chi connectivity index (χ4n) is 5.69. The summed E-state index contributed by atoms with van der Waals surface area (Å²) in [6.07, 6.45) is 0. The van der Waals surface area contributed by atoms with Gasteiger partial charge in [0.25, 0.3) is 11.7 Å². The topological polar surface area (TPSA) is 80.5 Å². The van der Waals surface area contributed by atoms with E-state index in [4.69, 9.17) is 9.47 Å². The number of hydrogen-bond acceptors (Lipinski definition) is 5. The number of aliphatic hydroxyl groups excluding tert-OH is 1. The molecule has 3 aromatic carbocycles. The van der Waals surface area contributed by atoms with Crippen LogP contribution in [0.2, 0.25) is 0 Å². The molecule has 2 saturated heterocycles. The number of aryl methyl sites for hydroxylation is 1. The minimum absolute atomic E-state index is 0.0402. The molecule has 7 nitrogen and oxygen atoms in total. The number of Topliss-reactive ketones (excluding diaryl/α,β-unsaturated/α-hetero) is 1. The Morgan fingerprint density at radius 1 is 1.00 bits per heavy atom. The third-order valence-corrected chi connectivity index (χ3v) is 8.24. The summed E-state index contributed by atoms with van der Waals surface area (Å²) in [7, 11) is 0. The lowest BCUT2D eigenvalue weighted by Gasteiger charge is -2.29. The summed E-state index contributed by atoms with van der Waals surface area (Å²) in [6.45, 7) is 13.0. The quantitative estimate of drug-likeness (QED) is 0.241. The van der Waals surface area contributed by atoms with Crippen LogP contribution in [0.3, 0.4) is 0 Å². The summed E-state index contributed by atoms with van der Waals surface area (Å²) < 4.78 is 11.5. The van der Waals surface area contributed by atoms with Crippen LogP contribution in [0.4, 0.5) is 0 Å². The lowest BCUT2D eigenvalue weighted by atomic mass is 9.85. The molecule has 0 radical (unpaired) electrons. The molecule has 220 valence electrons. The van der Waals surface area contributed by atoms with Gasteiger partial charge < -0.3 is 24.4 Å². The maximum Gasteiger partial charge on any atom is 0.295 e. The van der Waals surface area contributed by atoms with Crippen molar-refractivity contribution in [1.82, 2.24) is 4.90 Å². The first-order valence-corrected chi connectivity index (χ1v) is 14.7. The summed E-state index contributed by atoms with van der Waals surface area (Å²) in [5.74, 6) is -0.726. The molecule has 42 heavy (non-hydrogen) atoms. The lowest BCUT2D eigenvalue weighted by Crippen LogP contribution is -3.14. The number of likely N-dealkylation sites (tertiary alicyclic amines) is 1. The van der Waals surface area contributed by atoms with Crippen LogP contribution >= 0.6 is 0 Å². The van der Waals surface area contributed by atoms with Crippen LogP contribution in [0.5, 0.6) is 5.75 Å². The van der Waals surface area contributed by atoms with Crippen LogP contribution in [0, 0.1) is 6.92 Å². The van der Waals surface area contributed by atoms with Gasteiger partial charge in [-0.05, 0) is 52.8 Å². The number of amides is 1. The fourth-order valence-corrected chi connectivity index (χ4v) is 5.69. The van der Waals surface area contributed by atoms with Crippen molar-refractivity contribution in [3.8, 4) is 5.75 Å². The zero-order valence-electron chi connectivity index (χ0n) is 25.0. The zero-order chi connectivity index (χ0) is 29.9. The van der Waals surface area contributed by atoms with Crippen molar-refractivity contribution in [2.24, 2.45) is 0 Å². The van der Waals surface area contributed by atoms with E-state index in [2.05, 4.69) is 20.8 Å². The first kappa shape index (κ1) is 29.5. The molecule has 3 aromatic rings. The number of nitrogens with one attached hydrogen (secondary N) is 1. The standard InChI is InChI=1S/C35H40N2O5/c1-24-22-28(42-23-25-8-6-5-7-9-25)14-15-29(24)32(38)30-31(26-10-12-27(13-11-26)35(2,3)4)37(34(40)33(30)39)17-16-36-18-20-41-21-19-36/h5-15,22,31,38H,16-21,23H2,1-4H3/p+1/t31-/m1/s1. The predicted molar refractivity (Wildman–Crippen MR) is 162 cm³/mol. The number of ether oxygens (including phenoxy) is 2. The van der Waals surface area contributed by atoms with Crippen molar-refractivity contribution in [2.75, 3.05) is 39.4 Å². The summed E-state index contributed by atoms with van der Waals surface area (Å²) in [6, 6.07) is 22.7. The number of nitrogens with zero attached hydrogens (tertiary/aromatic N) is 1. The Hall–Kier alpha value is -3.94. The second-order valence-electron chi connectivity index (χ2n) is 12.2. The number of hydrogen-bond donors (Lipinski definition) is 2. The monoisotopic (exact) mass is 569 g/mol. The van der Waals surface area contributed by atoms with E-state index in [1.165, 1.54) is 4.90 Å². The van der Waals surface area contributed by atoms with Crippen molar-refractivity contribution < 1.29 is 29.1 Å². The van der Waals surface area contributed by atoms with Gasteiger partial charge in [-0.2, -0.15) is 0 Å². The van der Waals surface area contributed by atoms with Gasteiger partial charge in [0.15, 0.2) is 0 Å². The van der Waals surface area contributed by atoms with Gasteiger partial charge in [0, 0.05) is 5.56 Å². The van der Waals surface area contributed by atoms with Crippen LogP contribution in [-0.2, 0) is 26.3 Å². The number of quaternary nitrogens is 1. The van der Waals surface area contributed by atoms with Crippen molar-refractivity contribution in [3.05, 3.63) is 106 Å². The van der Waals surface area contributed by atoms with Gasteiger partial charge in [-0.15, -0.1) is 0 Å². The molecule has 0 aliphatic carbocycles. The SMILES string of the molecule is Cc1cc(OCc2ccccc2)ccc1C(O)=C1C(=O)C(=O)N(CC[NH+]2CCOCC2)[C@@H]1c1ccc(C(C)(C)C)cc1. The molecular weight excluding hydrogens is 528 g/mol. The molecule has 0 bridgehead atoms. The number of ketones is 1. The van der Waals surface area contributed by atoms with E-state index in [-0.39, 0.29) is 16.7 Å². The van der Waals surface area contributed by atoms with Gasteiger partial charge >= 0.3 is 0 Å². The molecule has 0 aromatic heterocycles. The van der Waals surface area contributed by atoms with Crippen LogP contribution in [-0.4, -0.2) is 61.1 Å². The number of benzene rings is 3. The second kappa shape index (κ2) is 12.5. The van der Waals surface area contributed by atoms with Gasteiger partial charge in [-0.1, -0.05) is 75.4 Å². The molecule has 2 aliphatic rings. The Balaban J connectivity index is 1.48. The Kier molecular flexibility index (Phi) is 8.80. The van der Waals surface area contributed by atoms with Crippen molar-refractivity contribution in [1.29, 1.82) is 0 Å². The van der Waals surface area contributed by atoms with Gasteiger partial charge in [0.2, 0.25) is 0 Å². The van der Waals surface area contributed by atoms with E-state index < -0.39 is 17.7 Å². The Labute approximate surface area is 248 Å². The molecule has 2 aliphatic heterocycles. The number of morpholine rings is 1. The number of aliphatic hydroxyl groups is 1. The average molecular weight is 570 g/mol. The Bertz CT molecular complexity index is 1450. The number of carbonyl (C=O) groups excluding carboxylic acids is 2. The molecule has 1 atom stereocenters. The third kappa shape index (κ3) is 6.42. The van der Waals surface area contributed by atoms with E-state index in [0.717, 1.165) is 35.3 Å². The predicted octanol–water partition coefficient (Wildman–Crippen LogP) is 4.21. The minimum Gasteiger partial charge on any atom is -0.507 e. The van der Waals surface area contributed by atoms with Crippen LogP contribution in [0.1, 0.15) is 54.6 Å². The van der Waals surface area contributed by atoms with Crippen LogP contribution < -0.4 is 9.64 Å². The minimum atomic E-state index is -0.673. The normalized spacial score (nSPS) is 19.3. The molecule has 0 spiro atoms. The highest BCUT2D eigenvalue weighted by molar-refractivity contribution is 6.46. The van der Waals surface area contributed by atoms with Crippen LogP contribution in [0.15, 0.2) is 78.4 Å². The molecule has 1 amide bonds. The molecule has 7 heteroatoms. The smallest absolute Gasteiger partial charge is 0.295 e. The Morgan fingerprint density at radius 3 is 2.33 bits per heavy atom. The van der Waals surface area contributed by atoms with Gasteiger partial charge in [0.1, 0.15) is 31.2 Å². The van der Waals surface area contributed by atoms with E-state index in [0.29, 0.717) is 44.2 Å². The summed E-state index contributed by atoms with van der Waals surface area (Å²) >= 11 is 0. The van der Waals surface area contributed by atoms with Crippen molar-refractivity contribution in [2.45, 2.75) is 45.8 Å². The highest BCUT2D eigenvalue weighted by atomic mass is 16.5. The molecule has 0 unspecified atom stereocenters. The highest BCUT2D eigenvalue weighted by Gasteiger charge is 2.46. The first-order valence-electron chi connectivity index (χ1n) is 14.7.